The van der Waals surface area contributed by atoms with Gasteiger partial charge in [-0.15, -0.1) is 11.3 Å². The molecule has 0 atom stereocenters. The lowest BCUT2D eigenvalue weighted by molar-refractivity contribution is 1.65. The maximum Gasteiger partial charge on any atom is 0.0349 e. The molecule has 12 aromatic carbocycles. The molecule has 0 saturated carbocycles. The van der Waals surface area contributed by atoms with E-state index in [1.165, 1.54) is 130 Å². The molecule has 0 N–H and O–H groups in total. The Bertz CT molecular complexity index is 3930. The monoisotopic (exact) mass is 840 g/mol. The Morgan fingerprint density at radius 1 is 0.185 bits per heavy atom. The van der Waals surface area contributed by atoms with Crippen LogP contribution in [0.2, 0.25) is 0 Å². The fourth-order valence-electron chi connectivity index (χ4n) is 10.4. The number of hydrogen-bond acceptors (Lipinski definition) is 1. The highest BCUT2D eigenvalue weighted by Gasteiger charge is 2.21. The second-order valence-corrected chi connectivity index (χ2v) is 18.2. The lowest BCUT2D eigenvalue weighted by atomic mass is 9.82. The van der Waals surface area contributed by atoms with E-state index in [1.807, 2.05) is 11.3 Å². The Morgan fingerprint density at radius 3 is 1.00 bits per heavy atom. The van der Waals surface area contributed by atoms with Gasteiger partial charge in [0.15, 0.2) is 0 Å². The van der Waals surface area contributed by atoms with Crippen LogP contribution >= 0.6 is 11.3 Å². The molecule has 1 heterocycles. The summed E-state index contributed by atoms with van der Waals surface area (Å²) in [5.74, 6) is 0. The molecule has 0 nitrogen and oxygen atoms in total. The fraction of sp³-hybridized carbons (Fsp3) is 0. The van der Waals surface area contributed by atoms with Gasteiger partial charge in [-0.05, 0) is 151 Å². The summed E-state index contributed by atoms with van der Waals surface area (Å²) in [6.07, 6.45) is 0. The molecule has 0 aliphatic heterocycles. The van der Waals surface area contributed by atoms with Gasteiger partial charge < -0.3 is 0 Å². The number of rotatable bonds is 6. The largest absolute Gasteiger partial charge is 0.135 e. The van der Waals surface area contributed by atoms with Crippen LogP contribution in [0.1, 0.15) is 0 Å². The molecule has 0 saturated heterocycles. The van der Waals surface area contributed by atoms with E-state index in [0.29, 0.717) is 0 Å². The zero-order chi connectivity index (χ0) is 42.8. The Balaban J connectivity index is 1.04. The average Bonchev–Trinajstić information content (AvgIpc) is 3.88. The molecular formula is C64H40S. The zero-order valence-corrected chi connectivity index (χ0v) is 36.3. The molecule has 65 heavy (non-hydrogen) atoms. The van der Waals surface area contributed by atoms with Crippen LogP contribution in [0.5, 0.6) is 0 Å². The van der Waals surface area contributed by atoms with Crippen LogP contribution in [0.25, 0.3) is 130 Å². The maximum atomic E-state index is 2.49. The van der Waals surface area contributed by atoms with Crippen molar-refractivity contribution in [3.8, 4) is 65.4 Å². The van der Waals surface area contributed by atoms with Gasteiger partial charge >= 0.3 is 0 Å². The molecule has 1 heteroatoms. The summed E-state index contributed by atoms with van der Waals surface area (Å²) in [6.45, 7) is 0. The van der Waals surface area contributed by atoms with Crippen LogP contribution in [0.3, 0.4) is 0 Å². The lowest BCUT2D eigenvalue weighted by Gasteiger charge is -2.21. The Hall–Kier alpha value is -8.10. The first-order valence-electron chi connectivity index (χ1n) is 22.4. The van der Waals surface area contributed by atoms with Gasteiger partial charge in [0.25, 0.3) is 0 Å². The van der Waals surface area contributed by atoms with Gasteiger partial charge in [0.1, 0.15) is 0 Å². The summed E-state index contributed by atoms with van der Waals surface area (Å²) < 4.78 is 0. The van der Waals surface area contributed by atoms with Crippen LogP contribution in [0.4, 0.5) is 0 Å². The maximum absolute atomic E-state index is 2.49. The van der Waals surface area contributed by atoms with E-state index in [9.17, 15) is 0 Å². The van der Waals surface area contributed by atoms with Crippen molar-refractivity contribution in [3.05, 3.63) is 243 Å². The molecule has 0 aliphatic rings. The summed E-state index contributed by atoms with van der Waals surface area (Å²) in [7, 11) is 0. The van der Waals surface area contributed by atoms with Gasteiger partial charge in [-0.1, -0.05) is 212 Å². The third-order valence-electron chi connectivity index (χ3n) is 13.4. The Kier molecular flexibility index (Phi) is 8.82. The van der Waals surface area contributed by atoms with Crippen molar-refractivity contribution in [2.45, 2.75) is 0 Å². The van der Waals surface area contributed by atoms with Gasteiger partial charge in [0.2, 0.25) is 0 Å². The van der Waals surface area contributed by atoms with Crippen LogP contribution in [0, 0.1) is 0 Å². The van der Waals surface area contributed by atoms with E-state index in [2.05, 4.69) is 243 Å². The van der Waals surface area contributed by atoms with E-state index >= 15 is 0 Å². The third-order valence-corrected chi connectivity index (χ3v) is 14.6. The van der Waals surface area contributed by atoms with Crippen molar-refractivity contribution in [1.82, 2.24) is 0 Å². The minimum Gasteiger partial charge on any atom is -0.135 e. The molecule has 0 aliphatic carbocycles. The van der Waals surface area contributed by atoms with Crippen molar-refractivity contribution < 1.29 is 0 Å². The minimum atomic E-state index is 1.21. The van der Waals surface area contributed by atoms with Gasteiger partial charge in [-0.25, -0.2) is 0 Å². The molecule has 0 fully saturated rings. The van der Waals surface area contributed by atoms with E-state index < -0.39 is 0 Å². The molecule has 0 radical (unpaired) electrons. The highest BCUT2D eigenvalue weighted by molar-refractivity contribution is 7.18. The molecule has 0 spiro atoms. The number of thiophene rings is 1. The molecule has 0 bridgehead atoms. The molecule has 13 rings (SSSR count). The summed E-state index contributed by atoms with van der Waals surface area (Å²) in [5.41, 5.74) is 12.4. The molecule has 1 aromatic heterocycles. The van der Waals surface area contributed by atoms with Crippen molar-refractivity contribution in [2.75, 3.05) is 0 Å². The zero-order valence-electron chi connectivity index (χ0n) is 35.5. The second-order valence-electron chi connectivity index (χ2n) is 17.1. The number of benzene rings is 12. The highest BCUT2D eigenvalue weighted by Crippen LogP contribution is 2.49. The van der Waals surface area contributed by atoms with E-state index in [4.69, 9.17) is 0 Å². The smallest absolute Gasteiger partial charge is 0.0349 e. The molecule has 13 aromatic rings. The third kappa shape index (κ3) is 6.27. The molecule has 0 amide bonds. The highest BCUT2D eigenvalue weighted by atomic mass is 32.1. The molecule has 302 valence electrons. The number of fused-ring (bicyclic) bond motifs is 6. The van der Waals surface area contributed by atoms with Crippen molar-refractivity contribution >= 4 is 76.0 Å². The molecule has 0 unspecified atom stereocenters. The first-order chi connectivity index (χ1) is 32.2. The predicted octanol–water partition coefficient (Wildman–Crippen LogP) is 18.7. The van der Waals surface area contributed by atoms with Gasteiger partial charge in [0, 0.05) is 9.75 Å². The second kappa shape index (κ2) is 15.3. The lowest BCUT2D eigenvalue weighted by Crippen LogP contribution is -1.94. The minimum absolute atomic E-state index is 1.21. The first-order valence-corrected chi connectivity index (χ1v) is 23.2. The van der Waals surface area contributed by atoms with E-state index in [1.54, 1.807) is 0 Å². The van der Waals surface area contributed by atoms with Crippen LogP contribution in [-0.4, -0.2) is 0 Å². The predicted molar refractivity (Wildman–Crippen MR) is 282 cm³/mol. The van der Waals surface area contributed by atoms with Crippen LogP contribution < -0.4 is 0 Å². The Morgan fingerprint density at radius 2 is 0.508 bits per heavy atom. The first kappa shape index (κ1) is 37.5. The summed E-state index contributed by atoms with van der Waals surface area (Å²) >= 11 is 1.85. The van der Waals surface area contributed by atoms with E-state index in [-0.39, 0.29) is 0 Å². The van der Waals surface area contributed by atoms with E-state index in [0.717, 1.165) is 0 Å². The standard InChI is InChI=1S/C64H40S/c1-2-16-43(17-3-1)59-36-37-60(65-59)44-28-30-45(31-29-44)61-51-20-8-10-22-53(51)63(54-23-11-9-21-52(54)61)50-34-35-57-58(40-50)64(49-33-27-42-15-5-7-19-47(42)39-49)56-25-13-12-24-55(56)62(57)48-32-26-41-14-4-6-18-46(41)38-48/h1-40H. The van der Waals surface area contributed by atoms with Crippen molar-refractivity contribution in [1.29, 1.82) is 0 Å². The summed E-state index contributed by atoms with van der Waals surface area (Å²) in [6, 6.07) is 90.0. The summed E-state index contributed by atoms with van der Waals surface area (Å²) in [4.78, 5) is 2.56. The molecular weight excluding hydrogens is 801 g/mol. The quantitative estimate of drug-likeness (QED) is 0.146. The average molecular weight is 841 g/mol. The van der Waals surface area contributed by atoms with Crippen molar-refractivity contribution in [2.24, 2.45) is 0 Å². The topological polar surface area (TPSA) is 0 Å². The van der Waals surface area contributed by atoms with Crippen LogP contribution in [-0.2, 0) is 0 Å². The van der Waals surface area contributed by atoms with Crippen LogP contribution in [0.15, 0.2) is 243 Å². The Labute approximate surface area is 382 Å². The van der Waals surface area contributed by atoms with Gasteiger partial charge in [-0.3, -0.25) is 0 Å². The van der Waals surface area contributed by atoms with Crippen molar-refractivity contribution in [3.63, 3.8) is 0 Å². The van der Waals surface area contributed by atoms with Gasteiger partial charge in [0.05, 0.1) is 0 Å². The normalized spacial score (nSPS) is 11.7. The summed E-state index contributed by atoms with van der Waals surface area (Å²) in [5, 5.41) is 15.0. The number of hydrogen-bond donors (Lipinski definition) is 0. The SMILES string of the molecule is c1ccc(-c2ccc(-c3ccc(-c4c5ccccc5c(-c5ccc6c(-c7ccc8ccccc8c7)c7ccccc7c(-c7ccc8ccccc8c7)c6c5)c5ccccc45)cc3)s2)cc1. The van der Waals surface area contributed by atoms with Gasteiger partial charge in [-0.2, -0.15) is 0 Å². The fourth-order valence-corrected chi connectivity index (χ4v) is 11.5.